The first kappa shape index (κ1) is 16.0. The Morgan fingerprint density at radius 2 is 0.920 bits per heavy atom. The summed E-state index contributed by atoms with van der Waals surface area (Å²) in [5, 5.41) is 0. The van der Waals surface area contributed by atoms with E-state index in [4.69, 9.17) is 0 Å². The van der Waals surface area contributed by atoms with Crippen molar-refractivity contribution in [3.05, 3.63) is 76.2 Å². The van der Waals surface area contributed by atoms with Crippen molar-refractivity contribution in [1.82, 2.24) is 0 Å². The van der Waals surface area contributed by atoms with Crippen LogP contribution in [0.5, 0.6) is 0 Å². The van der Waals surface area contributed by atoms with Gasteiger partial charge in [0.2, 0.25) is 0 Å². The number of hydrogen-bond donors (Lipinski definition) is 0. The SMILES string of the molecule is O=C1OC(=O)c2cc([CH-]c3ccc4c(c3)C(=O)OC4=O)ccc21.[Rf].[Rf]. The van der Waals surface area contributed by atoms with E-state index in [2.05, 4.69) is 9.47 Å². The largest absolute Gasteiger partial charge is 0.386 e. The molecule has 116 valence electrons. The van der Waals surface area contributed by atoms with Gasteiger partial charge in [0.25, 0.3) is 0 Å². The van der Waals surface area contributed by atoms with Crippen LogP contribution in [-0.2, 0) is 9.47 Å². The van der Waals surface area contributed by atoms with E-state index in [1.54, 1.807) is 30.7 Å². The minimum absolute atomic E-state index is 0. The van der Waals surface area contributed by atoms with E-state index >= 15 is 0 Å². The second kappa shape index (κ2) is 5.10. The molecule has 0 spiro atoms. The van der Waals surface area contributed by atoms with E-state index in [0.717, 1.165) is 0 Å². The van der Waals surface area contributed by atoms with E-state index in [1.165, 1.54) is 12.1 Å². The summed E-state index contributed by atoms with van der Waals surface area (Å²) in [5.41, 5.74) is 2.20. The van der Waals surface area contributed by atoms with Gasteiger partial charge < -0.3 is 9.47 Å². The van der Waals surface area contributed by atoms with Crippen molar-refractivity contribution in [1.29, 1.82) is 0 Å². The van der Waals surface area contributed by atoms with Crippen LogP contribution < -0.4 is 0 Å². The average molecular weight is 841 g/mol. The fraction of sp³-hybridized carbons (Fsp3) is 0. The van der Waals surface area contributed by atoms with E-state index in [0.29, 0.717) is 11.1 Å². The monoisotopic (exact) mass is 841 g/mol. The van der Waals surface area contributed by atoms with Gasteiger partial charge in [-0.05, 0) is 0 Å². The Morgan fingerprint density at radius 1 is 0.560 bits per heavy atom. The zero-order valence-corrected chi connectivity index (χ0v) is 25.7. The maximum absolute atomic E-state index is 11.6. The van der Waals surface area contributed by atoms with Crippen LogP contribution in [0.15, 0.2) is 36.4 Å². The van der Waals surface area contributed by atoms with Gasteiger partial charge in [-0.2, -0.15) is 0 Å². The zero-order valence-electron chi connectivity index (χ0n) is 12.9. The molecule has 4 rings (SSSR count). The third-order valence-electron chi connectivity index (χ3n) is 3.67. The van der Waals surface area contributed by atoms with Gasteiger partial charge in [0.15, 0.2) is 0 Å². The molecule has 6 nitrogen and oxygen atoms in total. The fourth-order valence-electron chi connectivity index (χ4n) is 2.58. The molecule has 8 heteroatoms. The predicted molar refractivity (Wildman–Crippen MR) is 74.9 cm³/mol. The van der Waals surface area contributed by atoms with Gasteiger partial charge in [-0.1, -0.05) is 12.1 Å². The van der Waals surface area contributed by atoms with E-state index in [9.17, 15) is 19.2 Å². The number of esters is 4. The van der Waals surface area contributed by atoms with E-state index < -0.39 is 23.9 Å². The van der Waals surface area contributed by atoms with Crippen molar-refractivity contribution < 1.29 is 28.7 Å². The summed E-state index contributed by atoms with van der Waals surface area (Å²) in [6.07, 6.45) is 1.71. The molecule has 2 aromatic carbocycles. The molecule has 0 bridgehead atoms. The number of cyclic esters (lactones) is 4. The summed E-state index contributed by atoms with van der Waals surface area (Å²) >= 11 is 0. The molecule has 0 aromatic heterocycles. The first-order chi connectivity index (χ1) is 11.0. The summed E-state index contributed by atoms with van der Waals surface area (Å²) < 4.78 is 9.07. The van der Waals surface area contributed by atoms with Gasteiger partial charge in [-0.3, -0.25) is 0 Å². The molecule has 0 saturated heterocycles. The summed E-state index contributed by atoms with van der Waals surface area (Å²) in [6, 6.07) is 9.43. The van der Waals surface area contributed by atoms with Crippen LogP contribution in [0.1, 0.15) is 52.6 Å². The van der Waals surface area contributed by atoms with Crippen LogP contribution in [0.3, 0.4) is 0 Å². The minimum Gasteiger partial charge on any atom is -0.386 e. The van der Waals surface area contributed by atoms with Crippen molar-refractivity contribution in [2.45, 2.75) is 0 Å². The molecule has 2 aliphatic heterocycles. The first-order valence-corrected chi connectivity index (χ1v) is 6.69. The Bertz CT molecular complexity index is 859. The van der Waals surface area contributed by atoms with Gasteiger partial charge in [0, 0.05) is 11.1 Å². The summed E-state index contributed by atoms with van der Waals surface area (Å²) in [4.78, 5) is 45.9. The second-order valence-corrected chi connectivity index (χ2v) is 5.11. The standard InChI is InChI=1S/C17H7O6.2Rf/c18-14-10-3-1-8(6-12(10)16(20)22-14)5-9-2-4-11-13(7-9)17(21)23-15(11)19;;/h1-7H;;/q-1;;. The Kier molecular flexibility index (Phi) is 3.26. The zero-order chi connectivity index (χ0) is 16.1. The Morgan fingerprint density at radius 3 is 1.32 bits per heavy atom. The third-order valence-corrected chi connectivity index (χ3v) is 3.67. The third kappa shape index (κ3) is 2.17. The van der Waals surface area contributed by atoms with Crippen LogP contribution in [0.2, 0.25) is 0 Å². The van der Waals surface area contributed by atoms with Gasteiger partial charge in [0.05, 0.1) is 11.1 Å². The minimum atomic E-state index is -0.677. The Hall–Kier alpha value is -5.41. The fourth-order valence-corrected chi connectivity index (χ4v) is 2.58. The molecule has 0 radical (unpaired) electrons. The number of fused-ring (bicyclic) bond motifs is 2. The van der Waals surface area contributed by atoms with Crippen molar-refractivity contribution in [3.63, 3.8) is 0 Å². The number of benzene rings is 2. The first-order valence-electron chi connectivity index (χ1n) is 6.69. The van der Waals surface area contributed by atoms with E-state index in [-0.39, 0.29) is 22.3 Å². The normalized spacial score (nSPS) is 13.9. The molecular weight excluding hydrogens is 834 g/mol. The molecule has 2 aliphatic rings. The molecule has 0 fully saturated rings. The molecule has 0 atom stereocenters. The van der Waals surface area contributed by atoms with Gasteiger partial charge >= 0.3 is 23.9 Å². The summed E-state index contributed by atoms with van der Waals surface area (Å²) in [7, 11) is 0. The molecule has 2 heterocycles. The number of rotatable bonds is 2. The molecule has 0 amide bonds. The molecule has 25 heavy (non-hydrogen) atoms. The van der Waals surface area contributed by atoms with E-state index in [1.807, 2.05) is 0 Å². The van der Waals surface area contributed by atoms with Crippen LogP contribution in [-0.4, -0.2) is 23.9 Å². The Labute approximate surface area is 129 Å². The molecule has 0 unspecified atom stereocenters. The van der Waals surface area contributed by atoms with Crippen molar-refractivity contribution in [2.24, 2.45) is 0 Å². The number of ether oxygens (including phenoxy) is 2. The van der Waals surface area contributed by atoms with Gasteiger partial charge in [0.1, 0.15) is 0 Å². The van der Waals surface area contributed by atoms with Crippen molar-refractivity contribution >= 4 is 23.9 Å². The molecule has 0 saturated carbocycles. The molecular formula is C17H7O6Rf2-. The molecule has 0 aliphatic carbocycles. The molecule has 2 aromatic rings. The van der Waals surface area contributed by atoms with Gasteiger partial charge in [-0.15, -0.1) is 41.8 Å². The van der Waals surface area contributed by atoms with Crippen LogP contribution in [0.25, 0.3) is 0 Å². The predicted octanol–water partition coefficient (Wildman–Crippen LogP) is 1.91. The maximum Gasteiger partial charge on any atom is 0.345 e. The van der Waals surface area contributed by atoms with Crippen molar-refractivity contribution in [3.8, 4) is 0 Å². The van der Waals surface area contributed by atoms with Crippen molar-refractivity contribution in [2.75, 3.05) is 0 Å². The second-order valence-electron chi connectivity index (χ2n) is 5.11. The number of carbonyl (C=O) groups excluding carboxylic acids is 4. The Balaban J connectivity index is 0.00000113. The van der Waals surface area contributed by atoms with Crippen LogP contribution >= 0.6 is 0 Å². The quantitative estimate of drug-likeness (QED) is 0.261. The number of carbonyl (C=O) groups is 4. The average Bonchev–Trinajstić information content (AvgIpc) is 2.96. The topological polar surface area (TPSA) is 86.7 Å². The van der Waals surface area contributed by atoms with Gasteiger partial charge in [-0.25, -0.2) is 19.2 Å². The maximum atomic E-state index is 11.6. The molecule has 0 N–H and O–H groups in total. The summed E-state index contributed by atoms with van der Waals surface area (Å²) in [5.74, 6) is -2.67. The smallest absolute Gasteiger partial charge is 0.345 e. The number of hydrogen-bond acceptors (Lipinski definition) is 6. The summed E-state index contributed by atoms with van der Waals surface area (Å²) in [6.45, 7) is 0. The van der Waals surface area contributed by atoms with Crippen LogP contribution in [0.4, 0.5) is 0 Å². The van der Waals surface area contributed by atoms with Crippen LogP contribution in [0, 0.1) is 6.42 Å².